The van der Waals surface area contributed by atoms with Crippen LogP contribution in [0.3, 0.4) is 0 Å². The number of halogens is 3. The minimum Gasteiger partial charge on any atom is -0.393 e. The molecule has 1 unspecified atom stereocenters. The van der Waals surface area contributed by atoms with Crippen molar-refractivity contribution in [3.05, 3.63) is 17.0 Å². The van der Waals surface area contributed by atoms with Crippen LogP contribution in [0, 0.1) is 0 Å². The van der Waals surface area contributed by atoms with Gasteiger partial charge in [-0.1, -0.05) is 0 Å². The zero-order chi connectivity index (χ0) is 11.9. The molecule has 0 aromatic carbocycles. The van der Waals surface area contributed by atoms with Gasteiger partial charge in [-0.3, -0.25) is 4.68 Å². The highest BCUT2D eigenvalue weighted by Crippen LogP contribution is 2.35. The highest BCUT2D eigenvalue weighted by Gasteiger charge is 2.40. The van der Waals surface area contributed by atoms with E-state index < -0.39 is 18.0 Å². The third-order valence-corrected chi connectivity index (χ3v) is 2.89. The Labute approximate surface area is 90.9 Å². The van der Waals surface area contributed by atoms with Crippen molar-refractivity contribution in [3.63, 3.8) is 0 Å². The molecular formula is C10H13F3N2O. The van der Waals surface area contributed by atoms with Crippen molar-refractivity contribution >= 4 is 0 Å². The average Bonchev–Trinajstić information content (AvgIpc) is 2.55. The third kappa shape index (κ3) is 1.81. The maximum Gasteiger partial charge on any atom is 0.435 e. The fourth-order valence-electron chi connectivity index (χ4n) is 2.15. The van der Waals surface area contributed by atoms with E-state index in [0.717, 1.165) is 0 Å². The summed E-state index contributed by atoms with van der Waals surface area (Å²) in [5.41, 5.74) is 0.0180. The summed E-state index contributed by atoms with van der Waals surface area (Å²) in [5.74, 6) is 0. The standard InChI is InChI=1S/C10H13F3N2O/c1-2-15-8-5-6(16)3-4-7(8)9(14-15)10(11,12)13/h6,16H,2-5H2,1H3. The highest BCUT2D eigenvalue weighted by atomic mass is 19.4. The molecule has 0 aliphatic heterocycles. The van der Waals surface area contributed by atoms with Crippen molar-refractivity contribution in [2.24, 2.45) is 0 Å². The van der Waals surface area contributed by atoms with Crippen LogP contribution < -0.4 is 0 Å². The molecule has 1 N–H and O–H groups in total. The van der Waals surface area contributed by atoms with Crippen LogP contribution in [0.4, 0.5) is 13.2 Å². The second-order valence-electron chi connectivity index (χ2n) is 3.98. The normalized spacial score (nSPS) is 20.9. The molecule has 0 saturated carbocycles. The monoisotopic (exact) mass is 234 g/mol. The number of rotatable bonds is 1. The summed E-state index contributed by atoms with van der Waals surface area (Å²) in [5, 5.41) is 13.1. The molecule has 0 bridgehead atoms. The van der Waals surface area contributed by atoms with Gasteiger partial charge in [0.15, 0.2) is 5.69 Å². The summed E-state index contributed by atoms with van der Waals surface area (Å²) < 4.78 is 39.4. The highest BCUT2D eigenvalue weighted by molar-refractivity contribution is 5.31. The zero-order valence-corrected chi connectivity index (χ0v) is 8.88. The molecule has 16 heavy (non-hydrogen) atoms. The molecule has 0 fully saturated rings. The number of hydrogen-bond donors (Lipinski definition) is 1. The molecule has 0 spiro atoms. The maximum absolute atomic E-state index is 12.7. The number of aromatic nitrogens is 2. The van der Waals surface area contributed by atoms with Crippen molar-refractivity contribution in [3.8, 4) is 0 Å². The van der Waals surface area contributed by atoms with Gasteiger partial charge in [0.1, 0.15) is 0 Å². The summed E-state index contributed by atoms with van der Waals surface area (Å²) >= 11 is 0. The Bertz CT molecular complexity index is 398. The van der Waals surface area contributed by atoms with Gasteiger partial charge in [-0.15, -0.1) is 0 Å². The van der Waals surface area contributed by atoms with Crippen molar-refractivity contribution < 1.29 is 18.3 Å². The average molecular weight is 234 g/mol. The van der Waals surface area contributed by atoms with E-state index in [4.69, 9.17) is 0 Å². The molecule has 1 aromatic heterocycles. The molecule has 6 heteroatoms. The summed E-state index contributed by atoms with van der Waals surface area (Å²) in [7, 11) is 0. The molecule has 1 heterocycles. The topological polar surface area (TPSA) is 38.0 Å². The van der Waals surface area contributed by atoms with E-state index in [-0.39, 0.29) is 18.4 Å². The molecule has 90 valence electrons. The smallest absolute Gasteiger partial charge is 0.393 e. The SMILES string of the molecule is CCn1nc(C(F)(F)F)c2c1CC(O)CC2. The fraction of sp³-hybridized carbons (Fsp3) is 0.700. The minimum atomic E-state index is -4.40. The van der Waals surface area contributed by atoms with Gasteiger partial charge < -0.3 is 5.11 Å². The number of hydrogen-bond acceptors (Lipinski definition) is 2. The van der Waals surface area contributed by atoms with Gasteiger partial charge in [-0.25, -0.2) is 0 Å². The van der Waals surface area contributed by atoms with Crippen LogP contribution in [0.1, 0.15) is 30.3 Å². The first-order valence-corrected chi connectivity index (χ1v) is 5.27. The predicted molar refractivity (Wildman–Crippen MR) is 50.9 cm³/mol. The van der Waals surface area contributed by atoms with Crippen LogP contribution in [0.2, 0.25) is 0 Å². The van der Waals surface area contributed by atoms with Gasteiger partial charge in [0.25, 0.3) is 0 Å². The van der Waals surface area contributed by atoms with Crippen LogP contribution >= 0.6 is 0 Å². The summed E-state index contributed by atoms with van der Waals surface area (Å²) in [6, 6.07) is 0. The van der Waals surface area contributed by atoms with Gasteiger partial charge in [0.05, 0.1) is 6.10 Å². The molecule has 1 aliphatic carbocycles. The molecular weight excluding hydrogens is 221 g/mol. The fourth-order valence-corrected chi connectivity index (χ4v) is 2.15. The van der Waals surface area contributed by atoms with Gasteiger partial charge in [-0.05, 0) is 19.8 Å². The maximum atomic E-state index is 12.7. The van der Waals surface area contributed by atoms with E-state index in [0.29, 0.717) is 18.7 Å². The number of aryl methyl sites for hydroxylation is 1. The van der Waals surface area contributed by atoms with Crippen LogP contribution in [-0.2, 0) is 25.6 Å². The van der Waals surface area contributed by atoms with Crippen LogP contribution in [-0.4, -0.2) is 21.0 Å². The first-order valence-electron chi connectivity index (χ1n) is 5.27. The first kappa shape index (κ1) is 11.4. The van der Waals surface area contributed by atoms with Gasteiger partial charge >= 0.3 is 6.18 Å². The van der Waals surface area contributed by atoms with E-state index in [1.165, 1.54) is 4.68 Å². The Morgan fingerprint density at radius 3 is 2.75 bits per heavy atom. The molecule has 0 amide bonds. The van der Waals surface area contributed by atoms with Crippen molar-refractivity contribution in [2.45, 2.75) is 45.0 Å². The lowest BCUT2D eigenvalue weighted by Gasteiger charge is -2.19. The van der Waals surface area contributed by atoms with E-state index in [2.05, 4.69) is 5.10 Å². The molecule has 0 radical (unpaired) electrons. The zero-order valence-electron chi connectivity index (χ0n) is 8.88. The van der Waals surface area contributed by atoms with Gasteiger partial charge in [-0.2, -0.15) is 18.3 Å². The second-order valence-corrected chi connectivity index (χ2v) is 3.98. The van der Waals surface area contributed by atoms with Crippen molar-refractivity contribution in [1.29, 1.82) is 0 Å². The second kappa shape index (κ2) is 3.76. The Kier molecular flexibility index (Phi) is 2.69. The van der Waals surface area contributed by atoms with E-state index >= 15 is 0 Å². The summed E-state index contributed by atoms with van der Waals surface area (Å²) in [6.07, 6.45) is -4.04. The van der Waals surface area contributed by atoms with Gasteiger partial charge in [0.2, 0.25) is 0 Å². The molecule has 2 rings (SSSR count). The molecule has 1 atom stereocenters. The van der Waals surface area contributed by atoms with E-state index in [1.807, 2.05) is 0 Å². The lowest BCUT2D eigenvalue weighted by Crippen LogP contribution is -2.21. The Morgan fingerprint density at radius 1 is 1.50 bits per heavy atom. The quantitative estimate of drug-likeness (QED) is 0.804. The Morgan fingerprint density at radius 2 is 2.19 bits per heavy atom. The number of aliphatic hydroxyl groups excluding tert-OH is 1. The number of aliphatic hydroxyl groups is 1. The molecule has 1 aliphatic rings. The first-order chi connectivity index (χ1) is 7.43. The van der Waals surface area contributed by atoms with Crippen LogP contribution in [0.15, 0.2) is 0 Å². The number of alkyl halides is 3. The number of nitrogens with zero attached hydrogens (tertiary/aromatic N) is 2. The third-order valence-electron chi connectivity index (χ3n) is 2.89. The molecule has 1 aromatic rings. The van der Waals surface area contributed by atoms with Crippen molar-refractivity contribution in [1.82, 2.24) is 9.78 Å². The Hall–Kier alpha value is -1.04. The minimum absolute atomic E-state index is 0.255. The molecule has 3 nitrogen and oxygen atoms in total. The van der Waals surface area contributed by atoms with E-state index in [1.54, 1.807) is 6.92 Å². The molecule has 0 saturated heterocycles. The summed E-state index contributed by atoms with van der Waals surface area (Å²) in [6.45, 7) is 2.14. The van der Waals surface area contributed by atoms with Crippen LogP contribution in [0.25, 0.3) is 0 Å². The van der Waals surface area contributed by atoms with Crippen LogP contribution in [0.5, 0.6) is 0 Å². The Balaban J connectivity index is 2.50. The lowest BCUT2D eigenvalue weighted by molar-refractivity contribution is -0.142. The lowest BCUT2D eigenvalue weighted by atomic mass is 9.93. The number of fused-ring (bicyclic) bond motifs is 1. The summed E-state index contributed by atoms with van der Waals surface area (Å²) in [4.78, 5) is 0. The van der Waals surface area contributed by atoms with E-state index in [9.17, 15) is 18.3 Å². The largest absolute Gasteiger partial charge is 0.435 e. The predicted octanol–water partition coefficient (Wildman–Crippen LogP) is 1.77. The van der Waals surface area contributed by atoms with Crippen molar-refractivity contribution in [2.75, 3.05) is 0 Å². The van der Waals surface area contributed by atoms with Gasteiger partial charge in [0, 0.05) is 24.2 Å².